The van der Waals surface area contributed by atoms with Gasteiger partial charge in [0.15, 0.2) is 0 Å². The summed E-state index contributed by atoms with van der Waals surface area (Å²) in [6, 6.07) is 10.9. The molecule has 0 saturated heterocycles. The molecule has 19 heavy (non-hydrogen) atoms. The van der Waals surface area contributed by atoms with Crippen LogP contribution in [0.3, 0.4) is 0 Å². The van der Waals surface area contributed by atoms with E-state index in [1.54, 1.807) is 18.2 Å². The second-order valence-corrected chi connectivity index (χ2v) is 6.50. The molecule has 2 aromatic rings. The average Bonchev–Trinajstić information content (AvgIpc) is 2.36. The van der Waals surface area contributed by atoms with Gasteiger partial charge >= 0.3 is 0 Å². The van der Waals surface area contributed by atoms with Crippen LogP contribution >= 0.6 is 50.1 Å². The fourth-order valence-electron chi connectivity index (χ4n) is 1.57. The lowest BCUT2D eigenvalue weighted by atomic mass is 10.1. The normalized spacial score (nSPS) is 10.3. The largest absolute Gasteiger partial charge is 0.321 e. The quantitative estimate of drug-likeness (QED) is 0.621. The molecule has 0 heterocycles. The molecule has 2 rings (SSSR count). The van der Waals surface area contributed by atoms with Gasteiger partial charge in [0.05, 0.1) is 5.69 Å². The van der Waals surface area contributed by atoms with Gasteiger partial charge in [-0.15, -0.1) is 0 Å². The molecule has 0 bridgehead atoms. The second kappa shape index (κ2) is 6.24. The zero-order valence-corrected chi connectivity index (χ0v) is 14.5. The Kier molecular flexibility index (Phi) is 4.86. The van der Waals surface area contributed by atoms with Crippen LogP contribution in [0.1, 0.15) is 15.9 Å². The molecule has 0 atom stereocenters. The van der Waals surface area contributed by atoms with Crippen molar-refractivity contribution in [2.24, 2.45) is 0 Å². The fourth-order valence-corrected chi connectivity index (χ4v) is 2.82. The maximum atomic E-state index is 12.2. The van der Waals surface area contributed by atoms with E-state index in [1.165, 1.54) is 0 Å². The number of halogens is 3. The predicted octanol–water partition coefficient (Wildman–Crippen LogP) is 5.27. The number of carbonyl (C=O) groups excluding carboxylic acids is 1. The zero-order chi connectivity index (χ0) is 14.0. The molecule has 0 unspecified atom stereocenters. The van der Waals surface area contributed by atoms with Crippen molar-refractivity contribution in [3.63, 3.8) is 0 Å². The van der Waals surface area contributed by atoms with E-state index in [4.69, 9.17) is 11.6 Å². The van der Waals surface area contributed by atoms with Gasteiger partial charge in [-0.3, -0.25) is 4.79 Å². The number of carbonyl (C=O) groups is 1. The molecular formula is C14H10BrClINO. The lowest BCUT2D eigenvalue weighted by molar-refractivity contribution is 0.102. The monoisotopic (exact) mass is 449 g/mol. The average molecular weight is 451 g/mol. The Hall–Kier alpha value is -0.590. The molecule has 0 aromatic heterocycles. The molecule has 2 nitrogen and oxygen atoms in total. The van der Waals surface area contributed by atoms with Gasteiger partial charge in [-0.2, -0.15) is 0 Å². The van der Waals surface area contributed by atoms with Crippen LogP contribution < -0.4 is 5.32 Å². The summed E-state index contributed by atoms with van der Waals surface area (Å²) >= 11 is 11.4. The second-order valence-electron chi connectivity index (χ2n) is 4.04. The summed E-state index contributed by atoms with van der Waals surface area (Å²) in [5.41, 5.74) is 2.42. The van der Waals surface area contributed by atoms with E-state index in [0.717, 1.165) is 19.3 Å². The highest BCUT2D eigenvalue weighted by Crippen LogP contribution is 2.23. The van der Waals surface area contributed by atoms with Crippen molar-refractivity contribution in [3.8, 4) is 0 Å². The Labute approximate surface area is 138 Å². The number of amides is 1. The number of hydrogen-bond donors (Lipinski definition) is 1. The first-order valence-electron chi connectivity index (χ1n) is 5.50. The van der Waals surface area contributed by atoms with Crippen LogP contribution in [0, 0.1) is 10.5 Å². The highest BCUT2D eigenvalue weighted by atomic mass is 127. The molecule has 5 heteroatoms. The summed E-state index contributed by atoms with van der Waals surface area (Å²) in [6.45, 7) is 1.95. The van der Waals surface area contributed by atoms with Crippen molar-refractivity contribution in [1.82, 2.24) is 0 Å². The molecule has 0 aliphatic carbocycles. The minimum Gasteiger partial charge on any atom is -0.321 e. The van der Waals surface area contributed by atoms with Gasteiger partial charge in [0.2, 0.25) is 0 Å². The van der Waals surface area contributed by atoms with Crippen molar-refractivity contribution in [1.29, 1.82) is 0 Å². The molecule has 0 aliphatic heterocycles. The van der Waals surface area contributed by atoms with Crippen molar-refractivity contribution in [3.05, 3.63) is 60.6 Å². The van der Waals surface area contributed by atoms with Crippen molar-refractivity contribution < 1.29 is 4.79 Å². The molecular weight excluding hydrogens is 440 g/mol. The Morgan fingerprint density at radius 2 is 2.00 bits per heavy atom. The Morgan fingerprint density at radius 1 is 1.26 bits per heavy atom. The third-order valence-corrected chi connectivity index (χ3v) is 4.62. The highest BCUT2D eigenvalue weighted by Gasteiger charge is 2.09. The number of nitrogens with one attached hydrogen (secondary N) is 1. The van der Waals surface area contributed by atoms with Crippen LogP contribution in [0.15, 0.2) is 40.9 Å². The fraction of sp³-hybridized carbons (Fsp3) is 0.0714. The highest BCUT2D eigenvalue weighted by molar-refractivity contribution is 14.1. The van der Waals surface area contributed by atoms with Gasteiger partial charge in [0.1, 0.15) is 0 Å². The minimum atomic E-state index is -0.129. The van der Waals surface area contributed by atoms with Crippen LogP contribution in [0.2, 0.25) is 5.02 Å². The summed E-state index contributed by atoms with van der Waals surface area (Å²) in [4.78, 5) is 12.2. The van der Waals surface area contributed by atoms with Gasteiger partial charge in [0, 0.05) is 18.6 Å². The summed E-state index contributed by atoms with van der Waals surface area (Å²) in [5, 5.41) is 3.53. The lowest BCUT2D eigenvalue weighted by Gasteiger charge is -2.08. The van der Waals surface area contributed by atoms with Crippen molar-refractivity contribution in [2.45, 2.75) is 6.92 Å². The predicted molar refractivity (Wildman–Crippen MR) is 91.0 cm³/mol. The van der Waals surface area contributed by atoms with Crippen molar-refractivity contribution >= 4 is 61.7 Å². The smallest absolute Gasteiger partial charge is 0.255 e. The van der Waals surface area contributed by atoms with E-state index in [0.29, 0.717) is 10.6 Å². The van der Waals surface area contributed by atoms with E-state index in [9.17, 15) is 4.79 Å². The molecule has 0 aliphatic rings. The topological polar surface area (TPSA) is 29.1 Å². The van der Waals surface area contributed by atoms with Crippen LogP contribution in [0.4, 0.5) is 5.69 Å². The Balaban J connectivity index is 2.23. The molecule has 1 amide bonds. The Bertz CT molecular complexity index is 645. The van der Waals surface area contributed by atoms with Crippen LogP contribution in [0.5, 0.6) is 0 Å². The van der Waals surface area contributed by atoms with Crippen LogP contribution in [0.25, 0.3) is 0 Å². The number of aryl methyl sites for hydroxylation is 1. The summed E-state index contributed by atoms with van der Waals surface area (Å²) in [6.07, 6.45) is 0. The van der Waals surface area contributed by atoms with Gasteiger partial charge in [-0.25, -0.2) is 0 Å². The van der Waals surface area contributed by atoms with Gasteiger partial charge in [-0.05, 0) is 71.5 Å². The van der Waals surface area contributed by atoms with E-state index < -0.39 is 0 Å². The van der Waals surface area contributed by atoms with Crippen molar-refractivity contribution in [2.75, 3.05) is 5.32 Å². The van der Waals surface area contributed by atoms with E-state index in [1.807, 2.05) is 25.1 Å². The first-order chi connectivity index (χ1) is 8.97. The van der Waals surface area contributed by atoms with Gasteiger partial charge in [0.25, 0.3) is 5.91 Å². The SMILES string of the molecule is Cc1cc(C(=O)Nc2ccc(Cl)cc2I)ccc1Br. The van der Waals surface area contributed by atoms with E-state index in [2.05, 4.69) is 43.8 Å². The molecule has 1 N–H and O–H groups in total. The first kappa shape index (κ1) is 14.8. The molecule has 0 fully saturated rings. The number of anilines is 1. The minimum absolute atomic E-state index is 0.129. The molecule has 0 spiro atoms. The lowest BCUT2D eigenvalue weighted by Crippen LogP contribution is -2.12. The van der Waals surface area contributed by atoms with E-state index in [-0.39, 0.29) is 5.91 Å². The summed E-state index contributed by atoms with van der Waals surface area (Å²) in [7, 11) is 0. The number of hydrogen-bond acceptors (Lipinski definition) is 1. The van der Waals surface area contributed by atoms with Gasteiger partial charge < -0.3 is 5.32 Å². The number of rotatable bonds is 2. The summed E-state index contributed by atoms with van der Waals surface area (Å²) < 4.78 is 1.90. The van der Waals surface area contributed by atoms with E-state index >= 15 is 0 Å². The summed E-state index contributed by atoms with van der Waals surface area (Å²) in [5.74, 6) is -0.129. The third kappa shape index (κ3) is 3.70. The standard InChI is InChI=1S/C14H10BrClINO/c1-8-6-9(2-4-11(8)15)14(19)18-13-5-3-10(16)7-12(13)17/h2-7H,1H3,(H,18,19). The van der Waals surface area contributed by atoms with Crippen LogP contribution in [-0.4, -0.2) is 5.91 Å². The molecule has 0 saturated carbocycles. The molecule has 2 aromatic carbocycles. The maximum Gasteiger partial charge on any atom is 0.255 e. The maximum absolute atomic E-state index is 12.2. The van der Waals surface area contributed by atoms with Crippen LogP contribution in [-0.2, 0) is 0 Å². The molecule has 0 radical (unpaired) electrons. The number of benzene rings is 2. The molecule has 98 valence electrons. The third-order valence-electron chi connectivity index (χ3n) is 2.60. The Morgan fingerprint density at radius 3 is 2.63 bits per heavy atom. The first-order valence-corrected chi connectivity index (χ1v) is 7.75. The van der Waals surface area contributed by atoms with Gasteiger partial charge in [-0.1, -0.05) is 27.5 Å². The zero-order valence-electron chi connectivity index (χ0n) is 10.0.